The van der Waals surface area contributed by atoms with E-state index < -0.39 is 10.8 Å². The van der Waals surface area contributed by atoms with Gasteiger partial charge in [0.05, 0.1) is 16.0 Å². The number of rotatable bonds is 9. The van der Waals surface area contributed by atoms with Gasteiger partial charge in [0.25, 0.3) is 11.6 Å². The lowest BCUT2D eigenvalue weighted by Crippen LogP contribution is -2.19. The van der Waals surface area contributed by atoms with E-state index in [0.29, 0.717) is 22.2 Å². The maximum Gasteiger partial charge on any atom is 0.288 e. The molecular formula is C26H25ClN6O3. The number of unbranched alkanes of at least 4 members (excludes halogenated alkanes) is 2. The van der Waals surface area contributed by atoms with Crippen molar-refractivity contribution in [3.63, 3.8) is 0 Å². The van der Waals surface area contributed by atoms with Crippen LogP contribution in [0.3, 0.4) is 0 Å². The fourth-order valence-electron chi connectivity index (χ4n) is 4.37. The van der Waals surface area contributed by atoms with Crippen molar-refractivity contribution < 1.29 is 9.72 Å². The lowest BCUT2D eigenvalue weighted by molar-refractivity contribution is -0.384. The van der Waals surface area contributed by atoms with Crippen LogP contribution in [0.4, 0.5) is 11.5 Å². The predicted molar refractivity (Wildman–Crippen MR) is 139 cm³/mol. The maximum absolute atomic E-state index is 13.3. The first-order valence-corrected chi connectivity index (χ1v) is 12.2. The van der Waals surface area contributed by atoms with E-state index in [1.807, 2.05) is 28.8 Å². The van der Waals surface area contributed by atoms with Crippen molar-refractivity contribution >= 4 is 51.2 Å². The molecule has 4 aromatic rings. The van der Waals surface area contributed by atoms with Crippen molar-refractivity contribution in [1.29, 1.82) is 5.26 Å². The number of nitro groups is 1. The second-order valence-corrected chi connectivity index (χ2v) is 8.93. The van der Waals surface area contributed by atoms with E-state index in [9.17, 15) is 20.2 Å². The van der Waals surface area contributed by atoms with Crippen molar-refractivity contribution in [2.24, 2.45) is 0 Å². The third-order valence-corrected chi connectivity index (χ3v) is 6.54. The molecule has 2 heterocycles. The van der Waals surface area contributed by atoms with Gasteiger partial charge in [-0.3, -0.25) is 14.9 Å². The first-order valence-electron chi connectivity index (χ1n) is 11.9. The van der Waals surface area contributed by atoms with Crippen molar-refractivity contribution in [3.8, 4) is 6.07 Å². The highest BCUT2D eigenvalue weighted by atomic mass is 35.5. The molecule has 184 valence electrons. The molecule has 2 aromatic carbocycles. The number of nitrogens with zero attached hydrogens (tertiary/aromatic N) is 5. The van der Waals surface area contributed by atoms with Crippen LogP contribution in [0.5, 0.6) is 0 Å². The lowest BCUT2D eigenvalue weighted by Gasteiger charge is -2.21. The van der Waals surface area contributed by atoms with Gasteiger partial charge in [-0.15, -0.1) is 0 Å². The summed E-state index contributed by atoms with van der Waals surface area (Å²) in [5, 5.41) is 24.2. The smallest absolute Gasteiger partial charge is 0.288 e. The summed E-state index contributed by atoms with van der Waals surface area (Å²) in [6, 6.07) is 13.4. The third kappa shape index (κ3) is 4.72. The van der Waals surface area contributed by atoms with Gasteiger partial charge in [0.15, 0.2) is 5.65 Å². The Balaban J connectivity index is 1.89. The zero-order chi connectivity index (χ0) is 25.8. The number of amides is 1. The fraction of sp³-hybridized carbons (Fsp3) is 0.308. The normalized spacial score (nSPS) is 11.9. The van der Waals surface area contributed by atoms with Crippen molar-refractivity contribution in [1.82, 2.24) is 14.5 Å². The van der Waals surface area contributed by atoms with Crippen molar-refractivity contribution in [2.75, 3.05) is 5.32 Å². The van der Waals surface area contributed by atoms with Crippen LogP contribution < -0.4 is 5.32 Å². The summed E-state index contributed by atoms with van der Waals surface area (Å²) in [5.41, 5.74) is 2.14. The van der Waals surface area contributed by atoms with Crippen LogP contribution in [0, 0.1) is 21.4 Å². The molecule has 0 spiro atoms. The number of nitrogens with one attached hydrogen (secondary N) is 1. The largest absolute Gasteiger partial charge is 0.307 e. The molecule has 9 nitrogen and oxygen atoms in total. The summed E-state index contributed by atoms with van der Waals surface area (Å²) < 4.78 is 1.89. The first kappa shape index (κ1) is 25.1. The summed E-state index contributed by atoms with van der Waals surface area (Å²) >= 11 is 5.92. The minimum absolute atomic E-state index is 0.0357. The minimum atomic E-state index is -0.642. The number of halogens is 1. The minimum Gasteiger partial charge on any atom is -0.307 e. The van der Waals surface area contributed by atoms with Gasteiger partial charge >= 0.3 is 0 Å². The summed E-state index contributed by atoms with van der Waals surface area (Å²) in [6.07, 6.45) is 4.69. The van der Waals surface area contributed by atoms with Gasteiger partial charge in [-0.05, 0) is 37.1 Å². The fourth-order valence-corrected chi connectivity index (χ4v) is 4.55. The van der Waals surface area contributed by atoms with Gasteiger partial charge in [0.1, 0.15) is 28.0 Å². The number of nitro benzene ring substituents is 1. The number of hydrogen-bond acceptors (Lipinski definition) is 6. The van der Waals surface area contributed by atoms with E-state index in [1.165, 1.54) is 12.1 Å². The Kier molecular flexibility index (Phi) is 7.46. The average molecular weight is 505 g/mol. The summed E-state index contributed by atoms with van der Waals surface area (Å²) in [6.45, 7) is 4.19. The van der Waals surface area contributed by atoms with Gasteiger partial charge < -0.3 is 9.88 Å². The number of carbonyl (C=O) groups excluding carboxylic acids is 1. The number of fused-ring (bicyclic) bond motifs is 2. The highest BCUT2D eigenvalue weighted by Crippen LogP contribution is 2.36. The molecule has 10 heteroatoms. The van der Waals surface area contributed by atoms with Gasteiger partial charge in [-0.25, -0.2) is 9.97 Å². The molecular weight excluding hydrogens is 480 g/mol. The highest BCUT2D eigenvalue weighted by molar-refractivity contribution is 6.32. The molecule has 2 aromatic heterocycles. The van der Waals surface area contributed by atoms with Gasteiger partial charge in [-0.2, -0.15) is 5.26 Å². The molecule has 0 aliphatic carbocycles. The lowest BCUT2D eigenvalue weighted by atomic mass is 10.1. The zero-order valence-electron chi connectivity index (χ0n) is 20.0. The molecule has 0 aliphatic rings. The second kappa shape index (κ2) is 10.7. The second-order valence-electron chi connectivity index (χ2n) is 8.53. The van der Waals surface area contributed by atoms with Crippen molar-refractivity contribution in [2.45, 2.75) is 52.0 Å². The van der Waals surface area contributed by atoms with Gasteiger partial charge in [0.2, 0.25) is 0 Å². The number of aromatic nitrogens is 3. The van der Waals surface area contributed by atoms with E-state index in [1.54, 1.807) is 0 Å². The third-order valence-electron chi connectivity index (χ3n) is 6.22. The number of anilines is 1. The Hall–Kier alpha value is -4.03. The molecule has 4 rings (SSSR count). The molecule has 0 aliphatic heterocycles. The molecule has 0 radical (unpaired) electrons. The Morgan fingerprint density at radius 1 is 1.19 bits per heavy atom. The van der Waals surface area contributed by atoms with Gasteiger partial charge in [-0.1, -0.05) is 56.8 Å². The van der Waals surface area contributed by atoms with E-state index in [0.717, 1.165) is 38.2 Å². The molecule has 0 saturated heterocycles. The van der Waals surface area contributed by atoms with Crippen LogP contribution in [0.25, 0.3) is 22.2 Å². The quantitative estimate of drug-likeness (QED) is 0.152. The topological polar surface area (TPSA) is 127 Å². The summed E-state index contributed by atoms with van der Waals surface area (Å²) in [5.74, 6) is -0.308. The molecule has 1 amide bonds. The molecule has 0 saturated carbocycles. The van der Waals surface area contributed by atoms with E-state index in [4.69, 9.17) is 21.6 Å². The van der Waals surface area contributed by atoms with E-state index in [-0.39, 0.29) is 33.7 Å². The predicted octanol–water partition coefficient (Wildman–Crippen LogP) is 6.80. The standard InChI is InChI=1S/C26H25ClN6O3/c1-3-5-6-9-17(4-2)32-24(31-26(34)16-12-13-19(27)22(14-16)33(35)36)18(15-28)23-25(32)30-21-11-8-7-10-20(21)29-23/h7-8,10-14,17H,3-6,9H2,1-2H3,(H,31,34)/t17-/m1/s1. The summed E-state index contributed by atoms with van der Waals surface area (Å²) in [7, 11) is 0. The number of carbonyl (C=O) groups is 1. The van der Waals surface area contributed by atoms with Crippen LogP contribution >= 0.6 is 11.6 Å². The van der Waals surface area contributed by atoms with Crippen LogP contribution in [-0.4, -0.2) is 25.4 Å². The molecule has 36 heavy (non-hydrogen) atoms. The van der Waals surface area contributed by atoms with Crippen LogP contribution in [-0.2, 0) is 0 Å². The highest BCUT2D eigenvalue weighted by Gasteiger charge is 2.27. The number of nitriles is 1. The number of hydrogen-bond donors (Lipinski definition) is 1. The molecule has 0 bridgehead atoms. The van der Waals surface area contributed by atoms with Gasteiger partial charge in [0, 0.05) is 17.7 Å². The SMILES string of the molecule is CCCCC[C@@H](CC)n1c(NC(=O)c2ccc(Cl)c([N+](=O)[O-])c2)c(C#N)c2nc3ccccc3nc21. The van der Waals surface area contributed by atoms with E-state index in [2.05, 4.69) is 25.2 Å². The van der Waals surface area contributed by atoms with E-state index >= 15 is 0 Å². The summed E-state index contributed by atoms with van der Waals surface area (Å²) in [4.78, 5) is 33.5. The molecule has 1 N–H and O–H groups in total. The molecule has 0 fully saturated rings. The van der Waals surface area contributed by atoms with Crippen LogP contribution in [0.15, 0.2) is 42.5 Å². The number of para-hydroxylation sites is 2. The Morgan fingerprint density at radius 2 is 1.92 bits per heavy atom. The zero-order valence-corrected chi connectivity index (χ0v) is 20.7. The average Bonchev–Trinajstić information content (AvgIpc) is 3.16. The molecule has 1 atom stereocenters. The molecule has 0 unspecified atom stereocenters. The Bertz CT molecular complexity index is 1510. The Labute approximate surface area is 212 Å². The monoisotopic (exact) mass is 504 g/mol. The van der Waals surface area contributed by atoms with Crippen molar-refractivity contribution in [3.05, 3.63) is 68.7 Å². The maximum atomic E-state index is 13.3. The first-order chi connectivity index (χ1) is 17.4. The Morgan fingerprint density at radius 3 is 2.56 bits per heavy atom. The van der Waals surface area contributed by atoms with Crippen LogP contribution in [0.2, 0.25) is 5.02 Å². The number of benzene rings is 2. The van der Waals surface area contributed by atoms with Crippen LogP contribution in [0.1, 0.15) is 67.9 Å².